The van der Waals surface area contributed by atoms with Crippen molar-refractivity contribution < 1.29 is 19.0 Å². The number of benzene rings is 2. The number of likely N-dealkylation sites (tertiary alicyclic amines) is 1. The molecule has 1 saturated heterocycles. The SMILES string of the molecule is CCOC(=O)C1CCN(Cc2ccc3cc(OC4CCC(COC)CC4)ccc3c2)CC1. The van der Waals surface area contributed by atoms with Crippen molar-refractivity contribution in [3.8, 4) is 5.75 Å². The fraction of sp³-hybridized carbons (Fsp3) is 0.593. The van der Waals surface area contributed by atoms with Crippen LogP contribution in [0, 0.1) is 11.8 Å². The molecule has 174 valence electrons. The van der Waals surface area contributed by atoms with Crippen LogP contribution in [0.15, 0.2) is 36.4 Å². The van der Waals surface area contributed by atoms with Crippen molar-refractivity contribution in [3.63, 3.8) is 0 Å². The molecule has 2 aromatic rings. The minimum Gasteiger partial charge on any atom is -0.490 e. The second kappa shape index (κ2) is 11.2. The molecule has 2 aromatic carbocycles. The Kier molecular flexibility index (Phi) is 8.04. The molecule has 0 atom stereocenters. The van der Waals surface area contributed by atoms with E-state index < -0.39 is 0 Å². The van der Waals surface area contributed by atoms with Crippen molar-refractivity contribution in [1.29, 1.82) is 0 Å². The van der Waals surface area contributed by atoms with E-state index in [-0.39, 0.29) is 11.9 Å². The van der Waals surface area contributed by atoms with Gasteiger partial charge in [-0.15, -0.1) is 0 Å². The van der Waals surface area contributed by atoms with E-state index >= 15 is 0 Å². The lowest BCUT2D eigenvalue weighted by Gasteiger charge is -2.30. The molecule has 1 aliphatic carbocycles. The Morgan fingerprint density at radius 2 is 1.69 bits per heavy atom. The molecule has 0 radical (unpaired) electrons. The van der Waals surface area contributed by atoms with Gasteiger partial charge in [-0.1, -0.05) is 18.2 Å². The van der Waals surface area contributed by atoms with Crippen LogP contribution in [0.25, 0.3) is 10.8 Å². The van der Waals surface area contributed by atoms with Gasteiger partial charge < -0.3 is 14.2 Å². The molecule has 1 heterocycles. The lowest BCUT2D eigenvalue weighted by atomic mass is 9.88. The molecule has 2 aliphatic rings. The molecule has 2 fully saturated rings. The molecular formula is C27H37NO4. The van der Waals surface area contributed by atoms with E-state index in [0.717, 1.165) is 57.7 Å². The van der Waals surface area contributed by atoms with Crippen molar-refractivity contribution >= 4 is 16.7 Å². The quantitative estimate of drug-likeness (QED) is 0.529. The standard InChI is InChI=1S/C27H37NO4/c1-3-31-27(29)22-12-14-28(15-13-22)18-21-4-7-24-17-26(11-8-23(24)16-21)32-25-9-5-20(6-10-25)19-30-2/h4,7-8,11,16-17,20,22,25H,3,5-6,9-10,12-15,18-19H2,1-2H3. The number of carbonyl (C=O) groups is 1. The number of esters is 1. The Morgan fingerprint density at radius 3 is 2.41 bits per heavy atom. The van der Waals surface area contributed by atoms with E-state index in [4.69, 9.17) is 14.2 Å². The van der Waals surface area contributed by atoms with Gasteiger partial charge in [-0.25, -0.2) is 0 Å². The number of hydrogen-bond acceptors (Lipinski definition) is 5. The van der Waals surface area contributed by atoms with Crippen LogP contribution in [-0.2, 0) is 20.8 Å². The maximum absolute atomic E-state index is 11.9. The highest BCUT2D eigenvalue weighted by Gasteiger charge is 2.26. The van der Waals surface area contributed by atoms with Crippen LogP contribution < -0.4 is 4.74 Å². The average molecular weight is 440 g/mol. The zero-order valence-electron chi connectivity index (χ0n) is 19.6. The summed E-state index contributed by atoms with van der Waals surface area (Å²) in [6, 6.07) is 13.2. The summed E-state index contributed by atoms with van der Waals surface area (Å²) >= 11 is 0. The van der Waals surface area contributed by atoms with E-state index in [1.165, 1.54) is 29.2 Å². The first kappa shape index (κ1) is 23.1. The van der Waals surface area contributed by atoms with E-state index in [9.17, 15) is 4.79 Å². The molecule has 5 nitrogen and oxygen atoms in total. The molecule has 0 aromatic heterocycles. The average Bonchev–Trinajstić information content (AvgIpc) is 2.81. The van der Waals surface area contributed by atoms with Crippen LogP contribution in [0.2, 0.25) is 0 Å². The highest BCUT2D eigenvalue weighted by Crippen LogP contribution is 2.30. The number of hydrogen-bond donors (Lipinski definition) is 0. The number of piperidine rings is 1. The fourth-order valence-electron chi connectivity index (χ4n) is 5.13. The van der Waals surface area contributed by atoms with Crippen molar-refractivity contribution in [1.82, 2.24) is 4.90 Å². The monoisotopic (exact) mass is 439 g/mol. The number of carbonyl (C=O) groups excluding carboxylic acids is 1. The van der Waals surface area contributed by atoms with Gasteiger partial charge >= 0.3 is 5.97 Å². The summed E-state index contributed by atoms with van der Waals surface area (Å²) in [6.45, 7) is 6.03. The van der Waals surface area contributed by atoms with Gasteiger partial charge in [0.25, 0.3) is 0 Å². The molecule has 0 N–H and O–H groups in total. The van der Waals surface area contributed by atoms with E-state index in [2.05, 4.69) is 41.3 Å². The van der Waals surface area contributed by atoms with Gasteiger partial charge in [-0.3, -0.25) is 9.69 Å². The van der Waals surface area contributed by atoms with Crippen LogP contribution in [0.4, 0.5) is 0 Å². The topological polar surface area (TPSA) is 48.0 Å². The van der Waals surface area contributed by atoms with Crippen molar-refractivity contribution in [2.24, 2.45) is 11.8 Å². The van der Waals surface area contributed by atoms with Crippen LogP contribution in [-0.4, -0.2) is 50.4 Å². The molecule has 0 spiro atoms. The number of ether oxygens (including phenoxy) is 3. The Balaban J connectivity index is 1.30. The van der Waals surface area contributed by atoms with E-state index in [0.29, 0.717) is 18.6 Å². The summed E-state index contributed by atoms with van der Waals surface area (Å²) in [5, 5.41) is 2.47. The van der Waals surface area contributed by atoms with E-state index in [1.807, 2.05) is 6.92 Å². The molecule has 1 aliphatic heterocycles. The number of rotatable bonds is 8. The lowest BCUT2D eigenvalue weighted by Crippen LogP contribution is -2.36. The second-order valence-electron chi connectivity index (χ2n) is 9.36. The highest BCUT2D eigenvalue weighted by molar-refractivity contribution is 5.84. The number of fused-ring (bicyclic) bond motifs is 1. The molecule has 0 amide bonds. The maximum atomic E-state index is 11.9. The minimum absolute atomic E-state index is 0.0288. The Hall–Kier alpha value is -2.11. The first-order valence-corrected chi connectivity index (χ1v) is 12.2. The lowest BCUT2D eigenvalue weighted by molar-refractivity contribution is -0.149. The van der Waals surface area contributed by atoms with Gasteiger partial charge in [0.05, 0.1) is 18.6 Å². The molecule has 32 heavy (non-hydrogen) atoms. The summed E-state index contributed by atoms with van der Waals surface area (Å²) in [7, 11) is 1.79. The molecule has 5 heteroatoms. The van der Waals surface area contributed by atoms with Crippen LogP contribution >= 0.6 is 0 Å². The molecule has 0 unspecified atom stereocenters. The van der Waals surface area contributed by atoms with Crippen LogP contribution in [0.3, 0.4) is 0 Å². The van der Waals surface area contributed by atoms with Crippen molar-refractivity contribution in [2.45, 2.75) is 58.1 Å². The predicted molar refractivity (Wildman–Crippen MR) is 127 cm³/mol. The minimum atomic E-state index is -0.0288. The van der Waals surface area contributed by atoms with Crippen molar-refractivity contribution in [3.05, 3.63) is 42.0 Å². The zero-order chi connectivity index (χ0) is 22.3. The predicted octanol–water partition coefficient (Wildman–Crippen LogP) is 5.20. The van der Waals surface area contributed by atoms with Gasteiger partial charge in [0.1, 0.15) is 5.75 Å². The maximum Gasteiger partial charge on any atom is 0.309 e. The third kappa shape index (κ3) is 6.02. The van der Waals surface area contributed by atoms with Gasteiger partial charge in [0, 0.05) is 20.3 Å². The summed E-state index contributed by atoms with van der Waals surface area (Å²) in [6.07, 6.45) is 6.69. The van der Waals surface area contributed by atoms with Crippen LogP contribution in [0.5, 0.6) is 5.75 Å². The van der Waals surface area contributed by atoms with Crippen LogP contribution in [0.1, 0.15) is 51.0 Å². The summed E-state index contributed by atoms with van der Waals surface area (Å²) in [4.78, 5) is 14.4. The molecule has 0 bridgehead atoms. The highest BCUT2D eigenvalue weighted by atomic mass is 16.5. The Bertz CT molecular complexity index is 882. The zero-order valence-corrected chi connectivity index (χ0v) is 19.6. The fourth-order valence-corrected chi connectivity index (χ4v) is 5.13. The second-order valence-corrected chi connectivity index (χ2v) is 9.36. The third-order valence-corrected chi connectivity index (χ3v) is 6.99. The normalized spacial score (nSPS) is 22.7. The molecular weight excluding hydrogens is 402 g/mol. The van der Waals surface area contributed by atoms with Gasteiger partial charge in [0.15, 0.2) is 0 Å². The Morgan fingerprint density at radius 1 is 0.969 bits per heavy atom. The molecule has 1 saturated carbocycles. The summed E-state index contributed by atoms with van der Waals surface area (Å²) in [5.41, 5.74) is 1.32. The largest absolute Gasteiger partial charge is 0.490 e. The first-order chi connectivity index (χ1) is 15.6. The van der Waals surface area contributed by atoms with Gasteiger partial charge in [-0.05, 0) is 99.0 Å². The molecule has 4 rings (SSSR count). The number of nitrogens with zero attached hydrogens (tertiary/aromatic N) is 1. The van der Waals surface area contributed by atoms with Gasteiger partial charge in [0.2, 0.25) is 0 Å². The number of methoxy groups -OCH3 is 1. The van der Waals surface area contributed by atoms with Gasteiger partial charge in [-0.2, -0.15) is 0 Å². The summed E-state index contributed by atoms with van der Waals surface area (Å²) < 4.78 is 16.8. The third-order valence-electron chi connectivity index (χ3n) is 6.99. The smallest absolute Gasteiger partial charge is 0.309 e. The summed E-state index contributed by atoms with van der Waals surface area (Å²) in [5.74, 6) is 1.70. The van der Waals surface area contributed by atoms with E-state index in [1.54, 1.807) is 7.11 Å². The first-order valence-electron chi connectivity index (χ1n) is 12.2. The Labute approximate surface area is 192 Å². The van der Waals surface area contributed by atoms with Crippen molar-refractivity contribution in [2.75, 3.05) is 33.4 Å².